The second-order valence-electron chi connectivity index (χ2n) is 8.86. The van der Waals surface area contributed by atoms with Crippen LogP contribution in [0.4, 0.5) is 0 Å². The second kappa shape index (κ2) is 8.35. The molecule has 0 bridgehead atoms. The van der Waals surface area contributed by atoms with Gasteiger partial charge in [0, 0.05) is 26.2 Å². The summed E-state index contributed by atoms with van der Waals surface area (Å²) in [5, 5.41) is 9.65. The smallest absolute Gasteiger partial charge is 0.216 e. The molecule has 1 fully saturated rings. The van der Waals surface area contributed by atoms with Crippen molar-refractivity contribution < 1.29 is 18.0 Å². The molecule has 1 rings (SSSR count). The second-order valence-corrected chi connectivity index (χ2v) is 16.1. The van der Waals surface area contributed by atoms with Crippen LogP contribution < -0.4 is 0 Å². The van der Waals surface area contributed by atoms with E-state index in [-0.39, 0.29) is 23.8 Å². The maximum Gasteiger partial charge on any atom is 0.216 e. The predicted molar refractivity (Wildman–Crippen MR) is 106 cm³/mol. The predicted octanol–water partition coefficient (Wildman–Crippen LogP) is 2.11. The molecule has 0 aromatic rings. The summed E-state index contributed by atoms with van der Waals surface area (Å²) in [5.41, 5.74) is 0. The minimum Gasteiger partial charge on any atom is -0.413 e. The molecule has 1 aliphatic heterocycles. The molecule has 2 atom stereocenters. The van der Waals surface area contributed by atoms with Crippen molar-refractivity contribution in [2.45, 2.75) is 77.1 Å². The number of aliphatic hydroxyl groups is 1. The van der Waals surface area contributed by atoms with Crippen LogP contribution in [-0.4, -0.2) is 81.2 Å². The summed E-state index contributed by atoms with van der Waals surface area (Å²) in [7, 11) is -5.12. The van der Waals surface area contributed by atoms with Gasteiger partial charge < -0.3 is 9.53 Å². The number of sulfonamides is 1. The fourth-order valence-corrected chi connectivity index (χ4v) is 5.58. The highest BCUT2D eigenvalue weighted by atomic mass is 32.2. The molecule has 150 valence electrons. The van der Waals surface area contributed by atoms with Crippen LogP contribution in [0.15, 0.2) is 0 Å². The van der Waals surface area contributed by atoms with Gasteiger partial charge in [0.1, 0.15) is 0 Å². The average molecular weight is 395 g/mol. The molecule has 0 aliphatic carbocycles. The van der Waals surface area contributed by atoms with Crippen molar-refractivity contribution in [3.05, 3.63) is 0 Å². The zero-order valence-corrected chi connectivity index (χ0v) is 19.1. The van der Waals surface area contributed by atoms with Crippen LogP contribution in [0.2, 0.25) is 18.1 Å². The van der Waals surface area contributed by atoms with Gasteiger partial charge in [-0.3, -0.25) is 4.90 Å². The van der Waals surface area contributed by atoms with Gasteiger partial charge in [0.05, 0.1) is 24.0 Å². The molecule has 25 heavy (non-hydrogen) atoms. The summed E-state index contributed by atoms with van der Waals surface area (Å²) in [5.74, 6) is 0. The number of hydrogen-bond acceptors (Lipinski definition) is 5. The molecule has 2 unspecified atom stereocenters. The van der Waals surface area contributed by atoms with E-state index in [2.05, 4.69) is 38.8 Å². The van der Waals surface area contributed by atoms with Crippen LogP contribution >= 0.6 is 0 Å². The summed E-state index contributed by atoms with van der Waals surface area (Å²) in [6.45, 7) is 18.7. The van der Waals surface area contributed by atoms with Crippen molar-refractivity contribution in [3.63, 3.8) is 0 Å². The Hall–Kier alpha value is 0.00688. The van der Waals surface area contributed by atoms with E-state index in [1.807, 2.05) is 6.92 Å². The summed E-state index contributed by atoms with van der Waals surface area (Å²) < 4.78 is 32.6. The lowest BCUT2D eigenvalue weighted by Gasteiger charge is -2.44. The zero-order chi connectivity index (χ0) is 19.6. The zero-order valence-electron chi connectivity index (χ0n) is 17.2. The highest BCUT2D eigenvalue weighted by molar-refractivity contribution is 7.89. The van der Waals surface area contributed by atoms with Gasteiger partial charge in [-0.05, 0) is 38.9 Å². The highest BCUT2D eigenvalue weighted by Gasteiger charge is 2.41. The minimum absolute atomic E-state index is 0.0206. The monoisotopic (exact) mass is 394 g/mol. The largest absolute Gasteiger partial charge is 0.413 e. The molecule has 6 nitrogen and oxygen atoms in total. The minimum atomic E-state index is -3.20. The van der Waals surface area contributed by atoms with E-state index in [1.165, 1.54) is 0 Å². The van der Waals surface area contributed by atoms with Gasteiger partial charge in [0.15, 0.2) is 8.32 Å². The highest BCUT2D eigenvalue weighted by Crippen LogP contribution is 2.37. The van der Waals surface area contributed by atoms with Crippen molar-refractivity contribution >= 4 is 18.3 Å². The maximum atomic E-state index is 12.3. The third kappa shape index (κ3) is 5.49. The Morgan fingerprint density at radius 2 is 1.56 bits per heavy atom. The first kappa shape index (κ1) is 23.0. The molecule has 0 amide bonds. The summed E-state index contributed by atoms with van der Waals surface area (Å²) in [6, 6.07) is -0.0990. The SMILES string of the molecule is CC(O[Si](C)(C)C(C)(C)C)C(CO)N1CCN(S(=O)(=O)C(C)C)CC1. The van der Waals surface area contributed by atoms with E-state index in [4.69, 9.17) is 4.43 Å². The Morgan fingerprint density at radius 1 is 1.08 bits per heavy atom. The topological polar surface area (TPSA) is 70.1 Å². The van der Waals surface area contributed by atoms with E-state index in [0.717, 1.165) is 0 Å². The molecule has 1 aliphatic rings. The fraction of sp³-hybridized carbons (Fsp3) is 1.00. The van der Waals surface area contributed by atoms with E-state index < -0.39 is 23.6 Å². The Kier molecular flexibility index (Phi) is 7.70. The number of nitrogens with zero attached hydrogens (tertiary/aromatic N) is 2. The summed E-state index contributed by atoms with van der Waals surface area (Å²) >= 11 is 0. The molecular weight excluding hydrogens is 356 g/mol. The van der Waals surface area contributed by atoms with Gasteiger partial charge in [-0.15, -0.1) is 0 Å². The number of rotatable bonds is 7. The lowest BCUT2D eigenvalue weighted by Crippen LogP contribution is -2.58. The third-order valence-corrected chi connectivity index (χ3v) is 12.6. The molecule has 1 N–H and O–H groups in total. The lowest BCUT2D eigenvalue weighted by atomic mass is 10.1. The number of hydrogen-bond donors (Lipinski definition) is 1. The lowest BCUT2D eigenvalue weighted by molar-refractivity contribution is 0.0161. The third-order valence-electron chi connectivity index (χ3n) is 5.71. The first-order chi connectivity index (χ1) is 11.2. The van der Waals surface area contributed by atoms with Gasteiger partial charge in [-0.25, -0.2) is 8.42 Å². The van der Waals surface area contributed by atoms with E-state index in [0.29, 0.717) is 26.2 Å². The van der Waals surface area contributed by atoms with Gasteiger partial charge in [0.2, 0.25) is 10.0 Å². The van der Waals surface area contributed by atoms with Crippen molar-refractivity contribution in [2.75, 3.05) is 32.8 Å². The number of piperazine rings is 1. The summed E-state index contributed by atoms with van der Waals surface area (Å²) in [6.07, 6.45) is -0.0841. The van der Waals surface area contributed by atoms with Crippen molar-refractivity contribution in [1.82, 2.24) is 9.21 Å². The first-order valence-electron chi connectivity index (χ1n) is 9.25. The van der Waals surface area contributed by atoms with Crippen molar-refractivity contribution in [3.8, 4) is 0 Å². The Balaban J connectivity index is 2.74. The van der Waals surface area contributed by atoms with E-state index in [1.54, 1.807) is 18.2 Å². The standard InChI is InChI=1S/C17H38N2O4SSi/c1-14(2)24(21,22)19-11-9-18(10-12-19)16(13-20)15(3)23-25(7,8)17(4,5)6/h14-16,20H,9-13H2,1-8H3. The first-order valence-corrected chi connectivity index (χ1v) is 13.7. The normalized spacial score (nSPS) is 21.5. The molecule has 0 spiro atoms. The van der Waals surface area contributed by atoms with Crippen molar-refractivity contribution in [1.29, 1.82) is 0 Å². The van der Waals surface area contributed by atoms with Crippen LogP contribution in [0.1, 0.15) is 41.5 Å². The molecule has 0 aromatic carbocycles. The molecule has 0 aromatic heterocycles. The Morgan fingerprint density at radius 3 is 1.92 bits per heavy atom. The van der Waals surface area contributed by atoms with Gasteiger partial charge in [-0.2, -0.15) is 4.31 Å². The molecule has 0 saturated carbocycles. The molecule has 1 heterocycles. The Bertz CT molecular complexity index is 523. The average Bonchev–Trinajstić information content (AvgIpc) is 2.46. The summed E-state index contributed by atoms with van der Waals surface area (Å²) in [4.78, 5) is 2.17. The molecular formula is C17H38N2O4SSi. The number of aliphatic hydroxyl groups excluding tert-OH is 1. The van der Waals surface area contributed by atoms with Crippen LogP contribution in [0.25, 0.3) is 0 Å². The van der Waals surface area contributed by atoms with Crippen LogP contribution in [0, 0.1) is 0 Å². The van der Waals surface area contributed by atoms with Crippen molar-refractivity contribution in [2.24, 2.45) is 0 Å². The van der Waals surface area contributed by atoms with Crippen LogP contribution in [-0.2, 0) is 14.4 Å². The molecule has 1 saturated heterocycles. The molecule has 0 radical (unpaired) electrons. The van der Waals surface area contributed by atoms with Crippen LogP contribution in [0.3, 0.4) is 0 Å². The van der Waals surface area contributed by atoms with Gasteiger partial charge in [0.25, 0.3) is 0 Å². The fourth-order valence-electron chi connectivity index (χ4n) is 2.87. The van der Waals surface area contributed by atoms with E-state index >= 15 is 0 Å². The quantitative estimate of drug-likeness (QED) is 0.670. The van der Waals surface area contributed by atoms with E-state index in [9.17, 15) is 13.5 Å². The van der Waals surface area contributed by atoms with Crippen LogP contribution in [0.5, 0.6) is 0 Å². The Labute approximate surface area is 155 Å². The van der Waals surface area contributed by atoms with Gasteiger partial charge >= 0.3 is 0 Å². The maximum absolute atomic E-state index is 12.3. The van der Waals surface area contributed by atoms with Gasteiger partial charge in [-0.1, -0.05) is 20.8 Å². The molecule has 8 heteroatoms.